The van der Waals surface area contributed by atoms with Gasteiger partial charge >= 0.3 is 0 Å². The van der Waals surface area contributed by atoms with Crippen LogP contribution in [0.15, 0.2) is 48.8 Å². The molecule has 0 spiro atoms. The van der Waals surface area contributed by atoms with E-state index in [0.29, 0.717) is 5.56 Å². The molecule has 1 fully saturated rings. The summed E-state index contributed by atoms with van der Waals surface area (Å²) in [5.74, 6) is 0.935. The quantitative estimate of drug-likeness (QED) is 0.763. The number of hydrogen-bond donors (Lipinski definition) is 2. The third-order valence-corrected chi connectivity index (χ3v) is 4.92. The number of piperidine rings is 1. The Morgan fingerprint density at radius 2 is 2.08 bits per heavy atom. The second-order valence-corrected chi connectivity index (χ2v) is 6.51. The number of benzene rings is 1. The fraction of sp³-hybridized carbons (Fsp3) is 0.250. The summed E-state index contributed by atoms with van der Waals surface area (Å²) < 4.78 is 0. The van der Waals surface area contributed by atoms with Gasteiger partial charge in [-0.1, -0.05) is 6.07 Å². The summed E-state index contributed by atoms with van der Waals surface area (Å²) in [5.41, 5.74) is 2.43. The first kappa shape index (κ1) is 16.2. The van der Waals surface area contributed by atoms with Crippen molar-refractivity contribution in [2.45, 2.75) is 12.8 Å². The van der Waals surface area contributed by atoms with Gasteiger partial charge in [-0.25, -0.2) is 4.98 Å². The number of nitriles is 1. The Morgan fingerprint density at radius 3 is 2.81 bits per heavy atom. The van der Waals surface area contributed by atoms with Gasteiger partial charge in [-0.05, 0) is 43.2 Å². The molecule has 2 aromatic heterocycles. The number of aromatic nitrogens is 2. The van der Waals surface area contributed by atoms with Crippen molar-refractivity contribution in [1.82, 2.24) is 9.97 Å². The fourth-order valence-corrected chi connectivity index (χ4v) is 3.44. The minimum absolute atomic E-state index is 0.00108. The number of H-pyrrole nitrogens is 1. The maximum atomic E-state index is 12.7. The number of pyridine rings is 1. The number of carbonyl (C=O) groups excluding carboxylic acids is 1. The second kappa shape index (κ2) is 6.89. The van der Waals surface area contributed by atoms with Crippen molar-refractivity contribution in [3.8, 4) is 6.07 Å². The fourth-order valence-electron chi connectivity index (χ4n) is 3.44. The van der Waals surface area contributed by atoms with Crippen molar-refractivity contribution in [3.05, 3.63) is 54.4 Å². The van der Waals surface area contributed by atoms with Gasteiger partial charge in [-0.2, -0.15) is 5.26 Å². The summed E-state index contributed by atoms with van der Waals surface area (Å²) in [5, 5.41) is 13.0. The molecule has 1 aliphatic heterocycles. The van der Waals surface area contributed by atoms with Crippen LogP contribution in [0.2, 0.25) is 0 Å². The van der Waals surface area contributed by atoms with E-state index in [0.717, 1.165) is 48.3 Å². The summed E-state index contributed by atoms with van der Waals surface area (Å²) in [6.07, 6.45) is 5.04. The highest BCUT2D eigenvalue weighted by molar-refractivity contribution is 6.02. The molecular formula is C20H19N5O. The molecule has 1 amide bonds. The Kier molecular flexibility index (Phi) is 4.28. The average molecular weight is 345 g/mol. The molecule has 130 valence electrons. The number of anilines is 2. The zero-order valence-corrected chi connectivity index (χ0v) is 14.3. The first-order chi connectivity index (χ1) is 12.7. The van der Waals surface area contributed by atoms with Crippen LogP contribution in [0.3, 0.4) is 0 Å². The van der Waals surface area contributed by atoms with E-state index in [1.165, 1.54) is 0 Å². The highest BCUT2D eigenvalue weighted by Crippen LogP contribution is 2.26. The summed E-state index contributed by atoms with van der Waals surface area (Å²) in [7, 11) is 0. The van der Waals surface area contributed by atoms with Crippen LogP contribution in [0, 0.1) is 17.2 Å². The topological polar surface area (TPSA) is 84.8 Å². The van der Waals surface area contributed by atoms with Gasteiger partial charge in [0.1, 0.15) is 11.9 Å². The van der Waals surface area contributed by atoms with Gasteiger partial charge in [0, 0.05) is 42.3 Å². The molecule has 0 bridgehead atoms. The lowest BCUT2D eigenvalue weighted by Crippen LogP contribution is -2.38. The molecule has 0 saturated carbocycles. The third-order valence-electron chi connectivity index (χ3n) is 4.92. The van der Waals surface area contributed by atoms with Crippen molar-refractivity contribution in [3.63, 3.8) is 0 Å². The molecule has 6 heteroatoms. The molecule has 1 saturated heterocycles. The SMILES string of the molecule is N#Cc1ccc(N2CCC(C(=O)Nc3cccc4[nH]ccc34)CC2)nc1. The monoisotopic (exact) mass is 345 g/mol. The maximum Gasteiger partial charge on any atom is 0.227 e. The van der Waals surface area contributed by atoms with E-state index < -0.39 is 0 Å². The molecule has 1 aliphatic rings. The Hall–Kier alpha value is -3.33. The van der Waals surface area contributed by atoms with Crippen LogP contribution in [0.5, 0.6) is 0 Å². The molecule has 2 N–H and O–H groups in total. The van der Waals surface area contributed by atoms with Gasteiger partial charge in [-0.3, -0.25) is 4.79 Å². The molecule has 0 radical (unpaired) electrons. The summed E-state index contributed by atoms with van der Waals surface area (Å²) in [6.45, 7) is 1.57. The van der Waals surface area contributed by atoms with E-state index >= 15 is 0 Å². The molecule has 0 atom stereocenters. The molecule has 0 aliphatic carbocycles. The number of amides is 1. The van der Waals surface area contributed by atoms with E-state index in [2.05, 4.69) is 26.3 Å². The van der Waals surface area contributed by atoms with Crippen LogP contribution in [0.1, 0.15) is 18.4 Å². The molecule has 3 heterocycles. The van der Waals surface area contributed by atoms with E-state index in [1.54, 1.807) is 12.3 Å². The van der Waals surface area contributed by atoms with Gasteiger partial charge in [0.05, 0.1) is 11.3 Å². The van der Waals surface area contributed by atoms with Gasteiger partial charge < -0.3 is 15.2 Å². The average Bonchev–Trinajstić information content (AvgIpc) is 3.18. The van der Waals surface area contributed by atoms with Crippen LogP contribution < -0.4 is 10.2 Å². The van der Waals surface area contributed by atoms with Crippen LogP contribution >= 0.6 is 0 Å². The van der Waals surface area contributed by atoms with Crippen LogP contribution in [-0.2, 0) is 4.79 Å². The first-order valence-electron chi connectivity index (χ1n) is 8.72. The smallest absolute Gasteiger partial charge is 0.227 e. The molecule has 6 nitrogen and oxygen atoms in total. The van der Waals surface area contributed by atoms with Gasteiger partial charge in [-0.15, -0.1) is 0 Å². The van der Waals surface area contributed by atoms with E-state index in [9.17, 15) is 4.79 Å². The molecule has 4 rings (SSSR count). The number of aromatic amines is 1. The molecule has 3 aromatic rings. The lowest BCUT2D eigenvalue weighted by Gasteiger charge is -2.32. The number of fused-ring (bicyclic) bond motifs is 1. The molecule has 1 aromatic carbocycles. The van der Waals surface area contributed by atoms with Crippen molar-refractivity contribution in [1.29, 1.82) is 5.26 Å². The molecule has 26 heavy (non-hydrogen) atoms. The second-order valence-electron chi connectivity index (χ2n) is 6.51. The summed E-state index contributed by atoms with van der Waals surface area (Å²) in [4.78, 5) is 22.3. The van der Waals surface area contributed by atoms with Gasteiger partial charge in [0.15, 0.2) is 0 Å². The van der Waals surface area contributed by atoms with E-state index in [1.807, 2.05) is 36.5 Å². The number of nitrogens with one attached hydrogen (secondary N) is 2. The number of nitrogens with zero attached hydrogens (tertiary/aromatic N) is 3. The summed E-state index contributed by atoms with van der Waals surface area (Å²) >= 11 is 0. The Bertz CT molecular complexity index is 962. The van der Waals surface area contributed by atoms with Crippen LogP contribution in [0.25, 0.3) is 10.9 Å². The standard InChI is InChI=1S/C20H19N5O/c21-12-14-4-5-19(23-13-14)25-10-7-15(8-11-25)20(26)24-18-3-1-2-17-16(18)6-9-22-17/h1-6,9,13,15,22H,7-8,10-11H2,(H,24,26). The van der Waals surface area contributed by atoms with E-state index in [4.69, 9.17) is 5.26 Å². The highest BCUT2D eigenvalue weighted by Gasteiger charge is 2.26. The zero-order chi connectivity index (χ0) is 17.9. The summed E-state index contributed by atoms with van der Waals surface area (Å²) in [6, 6.07) is 13.6. The molecule has 0 unspecified atom stereocenters. The van der Waals surface area contributed by atoms with Gasteiger partial charge in [0.2, 0.25) is 5.91 Å². The first-order valence-corrected chi connectivity index (χ1v) is 8.72. The van der Waals surface area contributed by atoms with Gasteiger partial charge in [0.25, 0.3) is 0 Å². The highest BCUT2D eigenvalue weighted by atomic mass is 16.1. The van der Waals surface area contributed by atoms with Crippen LogP contribution in [0.4, 0.5) is 11.5 Å². The lowest BCUT2D eigenvalue weighted by molar-refractivity contribution is -0.120. The van der Waals surface area contributed by atoms with E-state index in [-0.39, 0.29) is 11.8 Å². The van der Waals surface area contributed by atoms with Crippen molar-refractivity contribution >= 4 is 28.3 Å². The number of carbonyl (C=O) groups is 1. The Labute approximate surface area is 151 Å². The minimum atomic E-state index is -0.00108. The predicted octanol–water partition coefficient (Wildman–Crippen LogP) is 3.29. The van der Waals surface area contributed by atoms with Crippen molar-refractivity contribution < 1.29 is 4.79 Å². The molecular weight excluding hydrogens is 326 g/mol. The Balaban J connectivity index is 1.39. The normalized spacial score (nSPS) is 15.0. The zero-order valence-electron chi connectivity index (χ0n) is 14.3. The number of hydrogen-bond acceptors (Lipinski definition) is 4. The number of rotatable bonds is 3. The largest absolute Gasteiger partial charge is 0.361 e. The van der Waals surface area contributed by atoms with Crippen molar-refractivity contribution in [2.24, 2.45) is 5.92 Å². The Morgan fingerprint density at radius 1 is 1.23 bits per heavy atom. The third kappa shape index (κ3) is 3.11. The van der Waals surface area contributed by atoms with Crippen molar-refractivity contribution in [2.75, 3.05) is 23.3 Å². The van der Waals surface area contributed by atoms with Crippen LogP contribution in [-0.4, -0.2) is 29.0 Å². The minimum Gasteiger partial charge on any atom is -0.361 e. The predicted molar refractivity (Wildman–Crippen MR) is 101 cm³/mol. The maximum absolute atomic E-state index is 12.7. The lowest BCUT2D eigenvalue weighted by atomic mass is 9.95.